The van der Waals surface area contributed by atoms with Gasteiger partial charge in [0, 0.05) is 19.7 Å². The molecule has 0 bridgehead atoms. The van der Waals surface area contributed by atoms with Crippen LogP contribution in [0.15, 0.2) is 15.5 Å². The maximum atomic E-state index is 12.4. The average molecular weight is 344 g/mol. The molecule has 6 heteroatoms. The fourth-order valence-electron chi connectivity index (χ4n) is 2.27. The molecule has 0 aliphatic heterocycles. The molecule has 1 atom stereocenters. The highest BCUT2D eigenvalue weighted by Crippen LogP contribution is 2.27. The summed E-state index contributed by atoms with van der Waals surface area (Å²) in [6.07, 6.45) is 5.43. The highest BCUT2D eigenvalue weighted by molar-refractivity contribution is 9.10. The van der Waals surface area contributed by atoms with Crippen LogP contribution in [0, 0.1) is 5.92 Å². The van der Waals surface area contributed by atoms with E-state index < -0.39 is 0 Å². The van der Waals surface area contributed by atoms with Gasteiger partial charge in [0.2, 0.25) is 0 Å². The van der Waals surface area contributed by atoms with Crippen LogP contribution in [0.4, 0.5) is 5.69 Å². The second-order valence-corrected chi connectivity index (χ2v) is 6.15. The Hall–Kier alpha value is -0.880. The smallest absolute Gasteiger partial charge is 0.291 e. The lowest BCUT2D eigenvalue weighted by atomic mass is 9.85. The fraction of sp³-hybridized carbons (Fsp3) is 0.714. The minimum atomic E-state index is -0.0602. The second-order valence-electron chi connectivity index (χ2n) is 5.30. The summed E-state index contributed by atoms with van der Waals surface area (Å²) in [7, 11) is 0. The van der Waals surface area contributed by atoms with Crippen LogP contribution < -0.4 is 10.9 Å². The first-order valence-electron chi connectivity index (χ1n) is 7.23. The topological polar surface area (TPSA) is 56.1 Å². The number of nitrogens with one attached hydrogen (secondary N) is 1. The third-order valence-electron chi connectivity index (χ3n) is 3.67. The van der Waals surface area contributed by atoms with Crippen molar-refractivity contribution in [2.75, 3.05) is 18.5 Å². The average Bonchev–Trinajstić information content (AvgIpc) is 2.36. The summed E-state index contributed by atoms with van der Waals surface area (Å²) < 4.78 is 7.74. The Bertz CT molecular complexity index is 500. The minimum absolute atomic E-state index is 0.0602. The molecule has 1 aliphatic rings. The van der Waals surface area contributed by atoms with E-state index in [9.17, 15) is 4.79 Å². The molecule has 0 radical (unpaired) electrons. The van der Waals surface area contributed by atoms with E-state index in [-0.39, 0.29) is 11.7 Å². The zero-order valence-electron chi connectivity index (χ0n) is 12.1. The van der Waals surface area contributed by atoms with Crippen molar-refractivity contribution in [2.45, 2.75) is 45.8 Å². The maximum Gasteiger partial charge on any atom is 0.291 e. The van der Waals surface area contributed by atoms with Crippen LogP contribution in [-0.2, 0) is 11.3 Å². The molecule has 0 amide bonds. The largest absolute Gasteiger partial charge is 0.377 e. The van der Waals surface area contributed by atoms with E-state index in [2.05, 4.69) is 26.3 Å². The predicted octanol–water partition coefficient (Wildman–Crippen LogP) is 2.64. The Morgan fingerprint density at radius 1 is 1.60 bits per heavy atom. The van der Waals surface area contributed by atoms with E-state index in [4.69, 9.17) is 4.74 Å². The van der Waals surface area contributed by atoms with Crippen LogP contribution in [0.3, 0.4) is 0 Å². The lowest BCUT2D eigenvalue weighted by Crippen LogP contribution is -2.32. The Morgan fingerprint density at radius 3 is 2.95 bits per heavy atom. The lowest BCUT2D eigenvalue weighted by molar-refractivity contribution is 0.0855. The molecule has 20 heavy (non-hydrogen) atoms. The van der Waals surface area contributed by atoms with Gasteiger partial charge in [-0.1, -0.05) is 6.42 Å². The summed E-state index contributed by atoms with van der Waals surface area (Å²) in [5.74, 6) is 0.608. The van der Waals surface area contributed by atoms with Crippen molar-refractivity contribution in [3.05, 3.63) is 21.0 Å². The molecule has 1 heterocycles. The van der Waals surface area contributed by atoms with Crippen molar-refractivity contribution < 1.29 is 4.74 Å². The van der Waals surface area contributed by atoms with Crippen molar-refractivity contribution in [2.24, 2.45) is 5.92 Å². The summed E-state index contributed by atoms with van der Waals surface area (Å²) in [5.41, 5.74) is 0.515. The molecule has 2 rings (SSSR count). The highest BCUT2D eigenvalue weighted by atomic mass is 79.9. The number of aromatic nitrogens is 2. The van der Waals surface area contributed by atoms with Gasteiger partial charge in [-0.05, 0) is 48.5 Å². The molecule has 0 saturated heterocycles. The van der Waals surface area contributed by atoms with E-state index >= 15 is 0 Å². The predicted molar refractivity (Wildman–Crippen MR) is 83.1 cm³/mol. The number of rotatable bonds is 7. The van der Waals surface area contributed by atoms with Gasteiger partial charge >= 0.3 is 0 Å². The van der Waals surface area contributed by atoms with Crippen LogP contribution in [0.5, 0.6) is 0 Å². The van der Waals surface area contributed by atoms with Gasteiger partial charge < -0.3 is 10.1 Å². The quantitative estimate of drug-likeness (QED) is 0.826. The number of hydrogen-bond acceptors (Lipinski definition) is 4. The maximum absolute atomic E-state index is 12.4. The summed E-state index contributed by atoms with van der Waals surface area (Å²) in [4.78, 5) is 12.4. The molecule has 1 saturated carbocycles. The van der Waals surface area contributed by atoms with E-state index in [1.807, 2.05) is 13.8 Å². The van der Waals surface area contributed by atoms with E-state index in [1.54, 1.807) is 10.9 Å². The SMILES string of the molecule is CCOC(C)CNc1c(Br)cnn(CC2CCC2)c1=O. The van der Waals surface area contributed by atoms with Crippen molar-refractivity contribution in [1.82, 2.24) is 9.78 Å². The molecule has 112 valence electrons. The Balaban J connectivity index is 2.06. The van der Waals surface area contributed by atoms with Gasteiger partial charge in [-0.2, -0.15) is 5.10 Å². The highest BCUT2D eigenvalue weighted by Gasteiger charge is 2.20. The van der Waals surface area contributed by atoms with Gasteiger partial charge in [-0.3, -0.25) is 4.79 Å². The fourth-order valence-corrected chi connectivity index (χ4v) is 2.67. The Morgan fingerprint density at radius 2 is 2.35 bits per heavy atom. The Labute approximate surface area is 127 Å². The summed E-state index contributed by atoms with van der Waals surface area (Å²) in [6.45, 7) is 5.95. The molecule has 0 aromatic carbocycles. The molecule has 1 N–H and O–H groups in total. The van der Waals surface area contributed by atoms with E-state index in [0.29, 0.717) is 29.2 Å². The zero-order chi connectivity index (χ0) is 14.5. The van der Waals surface area contributed by atoms with Gasteiger partial charge in [0.05, 0.1) is 16.8 Å². The van der Waals surface area contributed by atoms with Gasteiger partial charge in [-0.15, -0.1) is 0 Å². The third-order valence-corrected chi connectivity index (χ3v) is 4.27. The van der Waals surface area contributed by atoms with Crippen LogP contribution in [0.25, 0.3) is 0 Å². The number of hydrogen-bond donors (Lipinski definition) is 1. The van der Waals surface area contributed by atoms with E-state index in [0.717, 1.165) is 6.54 Å². The number of ether oxygens (including phenoxy) is 1. The third kappa shape index (κ3) is 3.82. The first-order valence-corrected chi connectivity index (χ1v) is 8.02. The molecule has 1 aromatic rings. The number of nitrogens with zero attached hydrogens (tertiary/aromatic N) is 2. The number of anilines is 1. The molecule has 1 aromatic heterocycles. The first kappa shape index (κ1) is 15.5. The van der Waals surface area contributed by atoms with Crippen molar-refractivity contribution in [1.29, 1.82) is 0 Å². The summed E-state index contributed by atoms with van der Waals surface area (Å²) >= 11 is 3.39. The summed E-state index contributed by atoms with van der Waals surface area (Å²) in [5, 5.41) is 7.38. The lowest BCUT2D eigenvalue weighted by Gasteiger charge is -2.25. The van der Waals surface area contributed by atoms with Crippen molar-refractivity contribution in [3.8, 4) is 0 Å². The molecule has 5 nitrogen and oxygen atoms in total. The molecule has 1 fully saturated rings. The monoisotopic (exact) mass is 343 g/mol. The van der Waals surface area contributed by atoms with Crippen LogP contribution in [0.1, 0.15) is 33.1 Å². The first-order chi connectivity index (χ1) is 9.61. The second kappa shape index (κ2) is 7.22. The van der Waals surface area contributed by atoms with Crippen molar-refractivity contribution in [3.63, 3.8) is 0 Å². The van der Waals surface area contributed by atoms with Crippen molar-refractivity contribution >= 4 is 21.6 Å². The number of halogens is 1. The molecule has 0 spiro atoms. The minimum Gasteiger partial charge on any atom is -0.377 e. The van der Waals surface area contributed by atoms with Gasteiger partial charge in [0.25, 0.3) is 5.56 Å². The van der Waals surface area contributed by atoms with Gasteiger partial charge in [0.15, 0.2) is 0 Å². The van der Waals surface area contributed by atoms with E-state index in [1.165, 1.54) is 19.3 Å². The van der Waals surface area contributed by atoms with Gasteiger partial charge in [0.1, 0.15) is 5.69 Å². The molecular weight excluding hydrogens is 322 g/mol. The molecule has 1 aliphatic carbocycles. The molecule has 1 unspecified atom stereocenters. The normalized spacial score (nSPS) is 16.8. The zero-order valence-corrected chi connectivity index (χ0v) is 13.6. The van der Waals surface area contributed by atoms with Crippen LogP contribution in [-0.4, -0.2) is 29.0 Å². The Kier molecular flexibility index (Phi) is 5.60. The summed E-state index contributed by atoms with van der Waals surface area (Å²) in [6, 6.07) is 0. The molecular formula is C14H22BrN3O2. The van der Waals surface area contributed by atoms with Crippen LogP contribution in [0.2, 0.25) is 0 Å². The standard InChI is InChI=1S/C14H22BrN3O2/c1-3-20-10(2)7-16-13-12(15)8-17-18(14(13)19)9-11-5-4-6-11/h8,10-11,16H,3-7,9H2,1-2H3. The van der Waals surface area contributed by atoms with Crippen LogP contribution >= 0.6 is 15.9 Å². The van der Waals surface area contributed by atoms with Gasteiger partial charge in [-0.25, -0.2) is 4.68 Å².